The Labute approximate surface area is 139 Å². The number of rotatable bonds is 6. The maximum absolute atomic E-state index is 12.3. The third-order valence-electron chi connectivity index (χ3n) is 3.97. The summed E-state index contributed by atoms with van der Waals surface area (Å²) in [5.41, 5.74) is 0.754. The molecule has 1 aliphatic rings. The molecule has 1 aromatic carbocycles. The Morgan fingerprint density at radius 3 is 1.96 bits per heavy atom. The van der Waals surface area contributed by atoms with Crippen LogP contribution in [0.1, 0.15) is 31.7 Å². The maximum atomic E-state index is 12.3. The number of hydrogen-bond donors (Lipinski definition) is 0. The zero-order chi connectivity index (χ0) is 18.4. The highest BCUT2D eigenvalue weighted by molar-refractivity contribution is 8.09. The molecule has 0 atom stereocenters. The Kier molecular flexibility index (Phi) is 4.68. The molecule has 0 aliphatic heterocycles. The zero-order valence-electron chi connectivity index (χ0n) is 13.2. The fourth-order valence-corrected chi connectivity index (χ4v) is 5.82. The van der Waals surface area contributed by atoms with Gasteiger partial charge in [-0.3, -0.25) is 0 Å². The van der Waals surface area contributed by atoms with E-state index in [0.29, 0.717) is 6.26 Å². The first-order valence-electron chi connectivity index (χ1n) is 7.15. The quantitative estimate of drug-likeness (QED) is 0.755. The van der Waals surface area contributed by atoms with Crippen LogP contribution < -0.4 is 3.71 Å². The summed E-state index contributed by atoms with van der Waals surface area (Å²) in [5, 5.41) is 0. The van der Waals surface area contributed by atoms with E-state index >= 15 is 0 Å². The standard InChI is InChI=1S/C14H18F3NO4S2/c1-13(7-8-13)11-3-5-12(6-4-11)18(23(2,19)20)24(21,22)10-9-14(15,16)17/h3-6H,7-10H2,1-2H3. The van der Waals surface area contributed by atoms with Crippen LogP contribution in [0.3, 0.4) is 0 Å². The van der Waals surface area contributed by atoms with Crippen molar-refractivity contribution >= 4 is 25.7 Å². The minimum absolute atomic E-state index is 0.00358. The molecule has 0 N–H and O–H groups in total. The average molecular weight is 385 g/mol. The van der Waals surface area contributed by atoms with Crippen LogP contribution in [0, 0.1) is 0 Å². The lowest BCUT2D eigenvalue weighted by Crippen LogP contribution is -2.38. The van der Waals surface area contributed by atoms with Gasteiger partial charge in [-0.25, -0.2) is 16.8 Å². The van der Waals surface area contributed by atoms with Crippen LogP contribution in [0.2, 0.25) is 0 Å². The number of anilines is 1. The molecular formula is C14H18F3NO4S2. The fourth-order valence-electron chi connectivity index (χ4n) is 2.35. The molecule has 1 aromatic rings. The molecule has 5 nitrogen and oxygen atoms in total. The van der Waals surface area contributed by atoms with Crippen LogP contribution in [-0.2, 0) is 25.5 Å². The van der Waals surface area contributed by atoms with E-state index in [4.69, 9.17) is 0 Å². The monoisotopic (exact) mass is 385 g/mol. The van der Waals surface area contributed by atoms with Gasteiger partial charge in [0.1, 0.15) is 0 Å². The Bertz CT molecular complexity index is 811. The van der Waals surface area contributed by atoms with Crippen molar-refractivity contribution in [1.82, 2.24) is 0 Å². The molecule has 0 radical (unpaired) electrons. The highest BCUT2D eigenvalue weighted by Crippen LogP contribution is 2.47. The number of benzene rings is 1. The van der Waals surface area contributed by atoms with Gasteiger partial charge in [-0.15, -0.1) is 0 Å². The van der Waals surface area contributed by atoms with Crippen LogP contribution in [0.25, 0.3) is 0 Å². The molecule has 0 unspecified atom stereocenters. The summed E-state index contributed by atoms with van der Waals surface area (Å²) in [6.07, 6.45) is -3.70. The number of alkyl halides is 3. The first-order chi connectivity index (χ1) is 10.7. The predicted octanol–water partition coefficient (Wildman–Crippen LogP) is 2.79. The Morgan fingerprint density at radius 2 is 1.58 bits per heavy atom. The topological polar surface area (TPSA) is 71.5 Å². The molecule has 0 spiro atoms. The SMILES string of the molecule is CC1(c2ccc(N(S(C)(=O)=O)S(=O)(=O)CCC(F)(F)F)cc2)CC1. The van der Waals surface area contributed by atoms with Crippen LogP contribution in [0.5, 0.6) is 0 Å². The van der Waals surface area contributed by atoms with Crippen LogP contribution in [0.15, 0.2) is 24.3 Å². The minimum atomic E-state index is -4.69. The van der Waals surface area contributed by atoms with Crippen molar-refractivity contribution in [3.8, 4) is 0 Å². The second-order valence-corrected chi connectivity index (χ2v) is 10.2. The highest BCUT2D eigenvalue weighted by atomic mass is 32.3. The molecule has 0 aromatic heterocycles. The Morgan fingerprint density at radius 1 is 1.08 bits per heavy atom. The van der Waals surface area contributed by atoms with Gasteiger partial charge < -0.3 is 0 Å². The van der Waals surface area contributed by atoms with Gasteiger partial charge in [-0.05, 0) is 36.0 Å². The molecular weight excluding hydrogens is 367 g/mol. The molecule has 10 heteroatoms. The molecule has 0 amide bonds. The van der Waals surface area contributed by atoms with Gasteiger partial charge in [0.05, 0.1) is 24.1 Å². The van der Waals surface area contributed by atoms with Crippen molar-refractivity contribution in [3.05, 3.63) is 29.8 Å². The lowest BCUT2D eigenvalue weighted by atomic mass is 9.98. The normalized spacial score (nSPS) is 17.5. The number of nitrogens with zero attached hydrogens (tertiary/aromatic N) is 1. The molecule has 136 valence electrons. The summed E-state index contributed by atoms with van der Waals surface area (Å²) in [6.45, 7) is 2.02. The molecule has 1 aliphatic carbocycles. The van der Waals surface area contributed by atoms with E-state index in [-0.39, 0.29) is 14.8 Å². The largest absolute Gasteiger partial charge is 0.390 e. The van der Waals surface area contributed by atoms with Crippen molar-refractivity contribution in [2.24, 2.45) is 0 Å². The Balaban J connectivity index is 2.35. The third-order valence-corrected chi connectivity index (χ3v) is 7.72. The van der Waals surface area contributed by atoms with Crippen LogP contribution in [0.4, 0.5) is 18.9 Å². The fraction of sp³-hybridized carbons (Fsp3) is 0.571. The van der Waals surface area contributed by atoms with E-state index in [1.165, 1.54) is 12.1 Å². The van der Waals surface area contributed by atoms with Crippen molar-refractivity contribution < 1.29 is 30.0 Å². The van der Waals surface area contributed by atoms with E-state index in [0.717, 1.165) is 18.4 Å². The highest BCUT2D eigenvalue weighted by Gasteiger charge is 2.40. The number of hydrogen-bond acceptors (Lipinski definition) is 4. The van der Waals surface area contributed by atoms with E-state index < -0.39 is 38.4 Å². The van der Waals surface area contributed by atoms with Crippen molar-refractivity contribution in [2.45, 2.75) is 37.8 Å². The van der Waals surface area contributed by atoms with E-state index in [2.05, 4.69) is 0 Å². The zero-order valence-corrected chi connectivity index (χ0v) is 14.8. The first-order valence-corrected chi connectivity index (χ1v) is 10.6. The summed E-state index contributed by atoms with van der Waals surface area (Å²) in [4.78, 5) is 0. The van der Waals surface area contributed by atoms with Gasteiger partial charge in [-0.1, -0.05) is 19.1 Å². The number of halogens is 3. The minimum Gasteiger partial charge on any atom is -0.206 e. The van der Waals surface area contributed by atoms with Gasteiger partial charge in [0.2, 0.25) is 20.0 Å². The summed E-state index contributed by atoms with van der Waals surface area (Å²) in [7, 11) is -8.97. The second-order valence-electron chi connectivity index (χ2n) is 6.25. The summed E-state index contributed by atoms with van der Waals surface area (Å²) in [5.74, 6) is -1.33. The summed E-state index contributed by atoms with van der Waals surface area (Å²) < 4.78 is 85.1. The third kappa shape index (κ3) is 4.41. The van der Waals surface area contributed by atoms with Gasteiger partial charge >= 0.3 is 6.18 Å². The van der Waals surface area contributed by atoms with Crippen molar-refractivity contribution in [1.29, 1.82) is 0 Å². The van der Waals surface area contributed by atoms with Crippen molar-refractivity contribution in [3.63, 3.8) is 0 Å². The average Bonchev–Trinajstić information content (AvgIpc) is 3.14. The van der Waals surface area contributed by atoms with Gasteiger partial charge in [0.25, 0.3) is 0 Å². The van der Waals surface area contributed by atoms with Crippen LogP contribution in [-0.4, -0.2) is 35.0 Å². The second kappa shape index (κ2) is 5.91. The lowest BCUT2D eigenvalue weighted by Gasteiger charge is -2.23. The predicted molar refractivity (Wildman–Crippen MR) is 84.8 cm³/mol. The summed E-state index contributed by atoms with van der Waals surface area (Å²) >= 11 is 0. The van der Waals surface area contributed by atoms with E-state index in [1.54, 1.807) is 12.1 Å². The molecule has 0 heterocycles. The first kappa shape index (κ1) is 19.0. The van der Waals surface area contributed by atoms with Gasteiger partial charge in [-0.2, -0.15) is 16.9 Å². The van der Waals surface area contributed by atoms with E-state index in [9.17, 15) is 30.0 Å². The van der Waals surface area contributed by atoms with Crippen molar-refractivity contribution in [2.75, 3.05) is 15.7 Å². The molecule has 0 saturated heterocycles. The van der Waals surface area contributed by atoms with E-state index in [1.807, 2.05) is 6.92 Å². The summed E-state index contributed by atoms with van der Waals surface area (Å²) in [6, 6.07) is 5.84. The molecule has 1 saturated carbocycles. The van der Waals surface area contributed by atoms with Gasteiger partial charge in [0, 0.05) is 0 Å². The number of sulfonamides is 2. The van der Waals surface area contributed by atoms with Gasteiger partial charge in [0.15, 0.2) is 0 Å². The Hall–Kier alpha value is -1.29. The maximum Gasteiger partial charge on any atom is 0.390 e. The smallest absolute Gasteiger partial charge is 0.206 e. The molecule has 1 fully saturated rings. The molecule has 0 bridgehead atoms. The van der Waals surface area contributed by atoms with Crippen LogP contribution >= 0.6 is 0 Å². The lowest BCUT2D eigenvalue weighted by molar-refractivity contribution is -0.129. The molecule has 2 rings (SSSR count). The molecule has 24 heavy (non-hydrogen) atoms.